The molecule has 1 unspecified atom stereocenters. The molecule has 0 bridgehead atoms. The highest BCUT2D eigenvalue weighted by Gasteiger charge is 2.25. The van der Waals surface area contributed by atoms with Crippen LogP contribution in [0.4, 0.5) is 5.95 Å². The summed E-state index contributed by atoms with van der Waals surface area (Å²) in [4.78, 5) is 23.2. The summed E-state index contributed by atoms with van der Waals surface area (Å²) in [7, 11) is 1.64. The number of piperidine rings is 1. The van der Waals surface area contributed by atoms with Gasteiger partial charge in [0.1, 0.15) is 11.5 Å². The molecule has 7 heteroatoms. The molecule has 0 radical (unpaired) electrons. The Morgan fingerprint density at radius 2 is 1.96 bits per heavy atom. The van der Waals surface area contributed by atoms with Gasteiger partial charge >= 0.3 is 0 Å². The number of aromatic nitrogens is 2. The second-order valence-electron chi connectivity index (χ2n) is 7.25. The van der Waals surface area contributed by atoms with E-state index in [0.29, 0.717) is 25.5 Å². The third-order valence-corrected chi connectivity index (χ3v) is 5.16. The Bertz CT molecular complexity index is 817. The Morgan fingerprint density at radius 3 is 2.68 bits per heavy atom. The van der Waals surface area contributed by atoms with Gasteiger partial charge in [0.05, 0.1) is 20.1 Å². The molecule has 1 aromatic heterocycles. The molecule has 150 valence electrons. The van der Waals surface area contributed by atoms with E-state index in [9.17, 15) is 4.79 Å². The molecule has 1 saturated heterocycles. The van der Waals surface area contributed by atoms with Gasteiger partial charge in [-0.3, -0.25) is 4.79 Å². The van der Waals surface area contributed by atoms with Gasteiger partial charge in [0.2, 0.25) is 11.9 Å². The molecule has 0 spiro atoms. The molecule has 2 N–H and O–H groups in total. The van der Waals surface area contributed by atoms with Crippen molar-refractivity contribution in [2.24, 2.45) is 5.92 Å². The molecule has 1 aromatic carbocycles. The normalized spacial score (nSPS) is 16.7. The molecule has 0 saturated carbocycles. The zero-order valence-electron chi connectivity index (χ0n) is 16.8. The number of rotatable bonds is 6. The Kier molecular flexibility index (Phi) is 6.34. The minimum Gasteiger partial charge on any atom is -0.497 e. The van der Waals surface area contributed by atoms with Crippen LogP contribution in [-0.4, -0.2) is 47.6 Å². The van der Waals surface area contributed by atoms with E-state index < -0.39 is 0 Å². The second kappa shape index (κ2) is 8.91. The van der Waals surface area contributed by atoms with Crippen LogP contribution in [0.15, 0.2) is 24.3 Å². The topological polar surface area (TPSA) is 90.6 Å². The van der Waals surface area contributed by atoms with Crippen LogP contribution in [-0.2, 0) is 11.2 Å². The minimum absolute atomic E-state index is 0.102. The van der Waals surface area contributed by atoms with Gasteiger partial charge in [0.15, 0.2) is 0 Å². The van der Waals surface area contributed by atoms with Gasteiger partial charge in [-0.1, -0.05) is 6.07 Å². The number of ether oxygens (including phenoxy) is 2. The Labute approximate surface area is 165 Å². The highest BCUT2D eigenvalue weighted by atomic mass is 16.5. The van der Waals surface area contributed by atoms with E-state index in [1.807, 2.05) is 43.0 Å². The van der Waals surface area contributed by atoms with E-state index in [1.165, 1.54) is 0 Å². The van der Waals surface area contributed by atoms with Gasteiger partial charge in [-0.2, -0.15) is 0 Å². The van der Waals surface area contributed by atoms with Crippen molar-refractivity contribution < 1.29 is 14.3 Å². The summed E-state index contributed by atoms with van der Waals surface area (Å²) < 4.78 is 11.2. The number of carbonyl (C=O) groups excluding carboxylic acids is 1. The van der Waals surface area contributed by atoms with E-state index in [-0.39, 0.29) is 11.9 Å². The fourth-order valence-corrected chi connectivity index (χ4v) is 3.62. The Hall–Kier alpha value is -2.83. The van der Waals surface area contributed by atoms with E-state index in [0.717, 1.165) is 47.8 Å². The van der Waals surface area contributed by atoms with Crippen molar-refractivity contribution in [2.45, 2.75) is 33.1 Å². The number of carbonyl (C=O) groups is 1. The lowest BCUT2D eigenvalue weighted by Gasteiger charge is -2.33. The first-order valence-electron chi connectivity index (χ1n) is 9.60. The molecule has 1 aliphatic rings. The first-order valence-corrected chi connectivity index (χ1v) is 9.60. The maximum Gasteiger partial charge on any atom is 0.227 e. The molecule has 2 aromatic rings. The number of amides is 1. The number of benzene rings is 1. The van der Waals surface area contributed by atoms with E-state index in [2.05, 4.69) is 9.97 Å². The summed E-state index contributed by atoms with van der Waals surface area (Å²) in [5, 5.41) is 0. The summed E-state index contributed by atoms with van der Waals surface area (Å²) in [6.07, 6.45) is 2.34. The monoisotopic (exact) mass is 384 g/mol. The molecule has 0 aliphatic carbocycles. The van der Waals surface area contributed by atoms with Crippen LogP contribution in [0, 0.1) is 19.8 Å². The van der Waals surface area contributed by atoms with Crippen molar-refractivity contribution in [1.29, 1.82) is 0 Å². The standard InChI is InChI=1S/C21H28N4O3/c1-14-19(15(2)24-21(22)23-14)11-20(26)25-9-5-6-16(12-25)13-28-18-8-4-7-17(10-18)27-3/h4,7-8,10,16H,5-6,9,11-13H2,1-3H3,(H2,22,23,24). The molecule has 1 aliphatic heterocycles. The SMILES string of the molecule is COc1cccc(OCC2CCCN(C(=O)Cc3c(C)nc(N)nc3C)C2)c1. The van der Waals surface area contributed by atoms with Crippen LogP contribution in [0.1, 0.15) is 29.8 Å². The van der Waals surface area contributed by atoms with Crippen molar-refractivity contribution in [3.63, 3.8) is 0 Å². The van der Waals surface area contributed by atoms with Gasteiger partial charge in [-0.25, -0.2) is 9.97 Å². The minimum atomic E-state index is 0.102. The highest BCUT2D eigenvalue weighted by Crippen LogP contribution is 2.23. The molecule has 1 atom stereocenters. The number of anilines is 1. The molecule has 1 fully saturated rings. The number of hydrogen-bond acceptors (Lipinski definition) is 6. The van der Waals surface area contributed by atoms with Crippen molar-refractivity contribution in [2.75, 3.05) is 32.5 Å². The second-order valence-corrected chi connectivity index (χ2v) is 7.25. The molecule has 7 nitrogen and oxygen atoms in total. The number of methoxy groups -OCH3 is 1. The number of likely N-dealkylation sites (tertiary alicyclic amines) is 1. The largest absolute Gasteiger partial charge is 0.497 e. The summed E-state index contributed by atoms with van der Waals surface area (Å²) in [6, 6.07) is 7.59. The van der Waals surface area contributed by atoms with Crippen molar-refractivity contribution >= 4 is 11.9 Å². The van der Waals surface area contributed by atoms with Crippen LogP contribution in [0.25, 0.3) is 0 Å². The van der Waals surface area contributed by atoms with E-state index >= 15 is 0 Å². The average molecular weight is 384 g/mol. The van der Waals surface area contributed by atoms with Gasteiger partial charge in [-0.15, -0.1) is 0 Å². The summed E-state index contributed by atoms with van der Waals surface area (Å²) >= 11 is 0. The third-order valence-electron chi connectivity index (χ3n) is 5.16. The summed E-state index contributed by atoms with van der Waals surface area (Å²) in [6.45, 7) is 5.81. The number of hydrogen-bond donors (Lipinski definition) is 1. The van der Waals surface area contributed by atoms with Crippen molar-refractivity contribution in [3.05, 3.63) is 41.2 Å². The number of nitrogens with two attached hydrogens (primary N) is 1. The average Bonchev–Trinajstić information content (AvgIpc) is 2.69. The molecular formula is C21H28N4O3. The zero-order chi connectivity index (χ0) is 20.1. The summed E-state index contributed by atoms with van der Waals surface area (Å²) in [5.41, 5.74) is 8.09. The van der Waals surface area contributed by atoms with Crippen LogP contribution >= 0.6 is 0 Å². The lowest BCUT2D eigenvalue weighted by atomic mass is 9.98. The molecule has 2 heterocycles. The molecule has 1 amide bonds. The van der Waals surface area contributed by atoms with Gasteiger partial charge in [0, 0.05) is 42.0 Å². The highest BCUT2D eigenvalue weighted by molar-refractivity contribution is 5.79. The lowest BCUT2D eigenvalue weighted by molar-refractivity contribution is -0.132. The predicted molar refractivity (Wildman–Crippen MR) is 107 cm³/mol. The first kappa shape index (κ1) is 19.9. The quantitative estimate of drug-likeness (QED) is 0.823. The van der Waals surface area contributed by atoms with Crippen LogP contribution in [0.5, 0.6) is 11.5 Å². The maximum atomic E-state index is 12.8. The zero-order valence-corrected chi connectivity index (χ0v) is 16.8. The first-order chi connectivity index (χ1) is 13.5. The van der Waals surface area contributed by atoms with Crippen LogP contribution in [0.3, 0.4) is 0 Å². The van der Waals surface area contributed by atoms with E-state index in [1.54, 1.807) is 7.11 Å². The number of nitrogens with zero attached hydrogens (tertiary/aromatic N) is 3. The maximum absolute atomic E-state index is 12.8. The third kappa shape index (κ3) is 4.91. The van der Waals surface area contributed by atoms with Gasteiger partial charge in [0.25, 0.3) is 0 Å². The number of aryl methyl sites for hydroxylation is 2. The van der Waals surface area contributed by atoms with Crippen molar-refractivity contribution in [1.82, 2.24) is 14.9 Å². The summed E-state index contributed by atoms with van der Waals surface area (Å²) in [5.74, 6) is 2.22. The number of nitrogen functional groups attached to an aromatic ring is 1. The lowest BCUT2D eigenvalue weighted by Crippen LogP contribution is -2.42. The molecule has 3 rings (SSSR count). The Morgan fingerprint density at radius 1 is 1.25 bits per heavy atom. The fourth-order valence-electron chi connectivity index (χ4n) is 3.62. The van der Waals surface area contributed by atoms with Crippen LogP contribution in [0.2, 0.25) is 0 Å². The van der Waals surface area contributed by atoms with E-state index in [4.69, 9.17) is 15.2 Å². The fraction of sp³-hybridized carbons (Fsp3) is 0.476. The molecule has 28 heavy (non-hydrogen) atoms. The Balaban J connectivity index is 1.57. The predicted octanol–water partition coefficient (Wildman–Crippen LogP) is 2.54. The van der Waals surface area contributed by atoms with Gasteiger partial charge < -0.3 is 20.1 Å². The molecular weight excluding hydrogens is 356 g/mol. The van der Waals surface area contributed by atoms with Gasteiger partial charge in [-0.05, 0) is 38.8 Å². The van der Waals surface area contributed by atoms with Crippen LogP contribution < -0.4 is 15.2 Å². The smallest absolute Gasteiger partial charge is 0.227 e. The van der Waals surface area contributed by atoms with Crippen molar-refractivity contribution in [3.8, 4) is 11.5 Å².